The number of rotatable bonds is 4. The van der Waals surface area contributed by atoms with Gasteiger partial charge in [0.1, 0.15) is 0 Å². The highest BCUT2D eigenvalue weighted by molar-refractivity contribution is 6.30. The van der Waals surface area contributed by atoms with Crippen molar-refractivity contribution in [3.8, 4) is 0 Å². The summed E-state index contributed by atoms with van der Waals surface area (Å²) in [5.74, 6) is -0.143. The van der Waals surface area contributed by atoms with E-state index in [-0.39, 0.29) is 17.9 Å². The van der Waals surface area contributed by atoms with Crippen molar-refractivity contribution in [2.45, 2.75) is 32.7 Å². The van der Waals surface area contributed by atoms with E-state index in [1.807, 2.05) is 38.1 Å². The molecule has 1 aliphatic heterocycles. The van der Waals surface area contributed by atoms with Crippen LogP contribution < -0.4 is 5.32 Å². The summed E-state index contributed by atoms with van der Waals surface area (Å²) < 4.78 is 0. The average molecular weight is 335 g/mol. The van der Waals surface area contributed by atoms with Crippen LogP contribution in [0.15, 0.2) is 36.9 Å². The Morgan fingerprint density at radius 3 is 2.65 bits per heavy atom. The molecular weight excluding hydrogens is 312 g/mol. The van der Waals surface area contributed by atoms with Gasteiger partial charge in [0.25, 0.3) is 0 Å². The summed E-state index contributed by atoms with van der Waals surface area (Å²) in [6.07, 6.45) is 2.89. The van der Waals surface area contributed by atoms with Crippen LogP contribution in [-0.4, -0.2) is 29.8 Å². The Labute approximate surface area is 142 Å². The highest BCUT2D eigenvalue weighted by atomic mass is 35.5. The minimum Gasteiger partial charge on any atom is -0.349 e. The number of nitrogens with zero attached hydrogens (tertiary/aromatic N) is 1. The standard InChI is InChI=1S/C18H23ClN2O2/c1-4-16(22)21-11-5-10-18(3,12-21)17(23)20-13(2)14-6-8-15(19)9-7-14/h4,6-9,13H,1,5,10-12H2,2-3H3,(H,20,23)/t13-,18?/m0/s1. The van der Waals surface area contributed by atoms with Crippen molar-refractivity contribution in [2.24, 2.45) is 5.41 Å². The average Bonchev–Trinajstić information content (AvgIpc) is 2.54. The Hall–Kier alpha value is -1.81. The van der Waals surface area contributed by atoms with Gasteiger partial charge in [-0.15, -0.1) is 0 Å². The van der Waals surface area contributed by atoms with Gasteiger partial charge >= 0.3 is 0 Å². The van der Waals surface area contributed by atoms with E-state index in [1.54, 1.807) is 4.90 Å². The normalized spacial score (nSPS) is 22.3. The van der Waals surface area contributed by atoms with Gasteiger partial charge < -0.3 is 10.2 Å². The van der Waals surface area contributed by atoms with E-state index in [2.05, 4.69) is 11.9 Å². The molecule has 1 N–H and O–H groups in total. The van der Waals surface area contributed by atoms with Crippen LogP contribution in [0.5, 0.6) is 0 Å². The highest BCUT2D eigenvalue weighted by Gasteiger charge is 2.39. The first-order valence-electron chi connectivity index (χ1n) is 7.83. The van der Waals surface area contributed by atoms with E-state index in [4.69, 9.17) is 11.6 Å². The van der Waals surface area contributed by atoms with Crippen molar-refractivity contribution in [3.05, 3.63) is 47.5 Å². The third-order valence-electron chi connectivity index (χ3n) is 4.45. The number of carbonyl (C=O) groups excluding carboxylic acids is 2. The van der Waals surface area contributed by atoms with E-state index < -0.39 is 5.41 Å². The molecule has 2 rings (SSSR count). The maximum Gasteiger partial charge on any atom is 0.245 e. The molecule has 0 radical (unpaired) electrons. The molecule has 1 unspecified atom stereocenters. The Bertz CT molecular complexity index is 600. The lowest BCUT2D eigenvalue weighted by atomic mass is 9.80. The van der Waals surface area contributed by atoms with Crippen LogP contribution in [0.4, 0.5) is 0 Å². The van der Waals surface area contributed by atoms with Crippen molar-refractivity contribution < 1.29 is 9.59 Å². The second-order valence-corrected chi connectivity index (χ2v) is 6.81. The first-order valence-corrected chi connectivity index (χ1v) is 8.21. The third kappa shape index (κ3) is 4.14. The summed E-state index contributed by atoms with van der Waals surface area (Å²) in [5.41, 5.74) is 0.429. The molecule has 124 valence electrons. The van der Waals surface area contributed by atoms with Crippen LogP contribution in [0.3, 0.4) is 0 Å². The zero-order chi connectivity index (χ0) is 17.0. The van der Waals surface area contributed by atoms with Crippen LogP contribution in [0.25, 0.3) is 0 Å². The number of hydrogen-bond donors (Lipinski definition) is 1. The molecule has 1 aliphatic rings. The van der Waals surface area contributed by atoms with Crippen LogP contribution >= 0.6 is 11.6 Å². The zero-order valence-electron chi connectivity index (χ0n) is 13.6. The molecule has 0 saturated carbocycles. The van der Waals surface area contributed by atoms with E-state index in [1.165, 1.54) is 6.08 Å². The number of piperidine rings is 1. The number of amides is 2. The molecule has 1 aromatic carbocycles. The number of hydrogen-bond acceptors (Lipinski definition) is 2. The van der Waals surface area contributed by atoms with Gasteiger partial charge in [-0.3, -0.25) is 9.59 Å². The second-order valence-electron chi connectivity index (χ2n) is 6.37. The van der Waals surface area contributed by atoms with Gasteiger partial charge in [-0.2, -0.15) is 0 Å². The monoisotopic (exact) mass is 334 g/mol. The highest BCUT2D eigenvalue weighted by Crippen LogP contribution is 2.31. The lowest BCUT2D eigenvalue weighted by molar-refractivity contribution is -0.138. The predicted octanol–water partition coefficient (Wildman–Crippen LogP) is 3.33. The van der Waals surface area contributed by atoms with Gasteiger partial charge in [0, 0.05) is 18.1 Å². The number of nitrogens with one attached hydrogen (secondary N) is 1. The third-order valence-corrected chi connectivity index (χ3v) is 4.70. The van der Waals surface area contributed by atoms with Crippen LogP contribution in [0.1, 0.15) is 38.3 Å². The second kappa shape index (κ2) is 7.18. The molecule has 0 aromatic heterocycles. The fourth-order valence-corrected chi connectivity index (χ4v) is 3.07. The van der Waals surface area contributed by atoms with Gasteiger partial charge in [0.15, 0.2) is 0 Å². The van der Waals surface area contributed by atoms with Crippen molar-refractivity contribution >= 4 is 23.4 Å². The van der Waals surface area contributed by atoms with E-state index in [9.17, 15) is 9.59 Å². The summed E-state index contributed by atoms with van der Waals surface area (Å²) >= 11 is 5.89. The largest absolute Gasteiger partial charge is 0.349 e. The molecule has 2 atom stereocenters. The van der Waals surface area contributed by atoms with Gasteiger partial charge in [-0.25, -0.2) is 0 Å². The van der Waals surface area contributed by atoms with E-state index >= 15 is 0 Å². The molecule has 0 aliphatic carbocycles. The predicted molar refractivity (Wildman–Crippen MR) is 92.1 cm³/mol. The SMILES string of the molecule is C=CC(=O)N1CCCC(C)(C(=O)N[C@@H](C)c2ccc(Cl)cc2)C1. The minimum atomic E-state index is -0.572. The lowest BCUT2D eigenvalue weighted by Gasteiger charge is -2.39. The first kappa shape index (κ1) is 17.5. The molecule has 23 heavy (non-hydrogen) atoms. The summed E-state index contributed by atoms with van der Waals surface area (Å²) in [5, 5.41) is 3.73. The molecule has 1 fully saturated rings. The molecule has 0 spiro atoms. The molecule has 2 amide bonds. The quantitative estimate of drug-likeness (QED) is 0.859. The number of benzene rings is 1. The summed E-state index contributed by atoms with van der Waals surface area (Å²) in [6, 6.07) is 7.33. The van der Waals surface area contributed by atoms with Gasteiger partial charge in [0.2, 0.25) is 11.8 Å². The van der Waals surface area contributed by atoms with Crippen molar-refractivity contribution in [3.63, 3.8) is 0 Å². The summed E-state index contributed by atoms with van der Waals surface area (Å²) in [4.78, 5) is 26.2. The van der Waals surface area contributed by atoms with Crippen molar-refractivity contribution in [2.75, 3.05) is 13.1 Å². The van der Waals surface area contributed by atoms with Gasteiger partial charge in [-0.1, -0.05) is 30.3 Å². The number of carbonyl (C=O) groups is 2. The minimum absolute atomic E-state index is 0.0264. The number of halogens is 1. The van der Waals surface area contributed by atoms with Crippen molar-refractivity contribution in [1.82, 2.24) is 10.2 Å². The first-order chi connectivity index (χ1) is 10.9. The van der Waals surface area contributed by atoms with Crippen molar-refractivity contribution in [1.29, 1.82) is 0 Å². The molecular formula is C18H23ClN2O2. The zero-order valence-corrected chi connectivity index (χ0v) is 14.4. The van der Waals surface area contributed by atoms with Crippen LogP contribution in [0, 0.1) is 5.41 Å². The molecule has 1 aromatic rings. The summed E-state index contributed by atoms with van der Waals surface area (Å²) in [6.45, 7) is 8.49. The Morgan fingerprint density at radius 1 is 1.39 bits per heavy atom. The Morgan fingerprint density at radius 2 is 2.04 bits per heavy atom. The molecule has 1 saturated heterocycles. The van der Waals surface area contributed by atoms with E-state index in [0.29, 0.717) is 18.1 Å². The fourth-order valence-electron chi connectivity index (χ4n) is 2.95. The Balaban J connectivity index is 2.04. The summed E-state index contributed by atoms with van der Waals surface area (Å²) in [7, 11) is 0. The maximum atomic E-state index is 12.7. The lowest BCUT2D eigenvalue weighted by Crippen LogP contribution is -2.52. The topological polar surface area (TPSA) is 49.4 Å². The van der Waals surface area contributed by atoms with Crippen LogP contribution in [-0.2, 0) is 9.59 Å². The van der Waals surface area contributed by atoms with Gasteiger partial charge in [0.05, 0.1) is 11.5 Å². The Kier molecular flexibility index (Phi) is 5.47. The molecule has 5 heteroatoms. The molecule has 0 bridgehead atoms. The fraction of sp³-hybridized carbons (Fsp3) is 0.444. The maximum absolute atomic E-state index is 12.7. The molecule has 1 heterocycles. The molecule has 4 nitrogen and oxygen atoms in total. The smallest absolute Gasteiger partial charge is 0.245 e. The van der Waals surface area contributed by atoms with E-state index in [0.717, 1.165) is 18.4 Å². The number of likely N-dealkylation sites (tertiary alicyclic amines) is 1. The van der Waals surface area contributed by atoms with Gasteiger partial charge in [-0.05, 0) is 50.5 Å². The van der Waals surface area contributed by atoms with Crippen LogP contribution in [0.2, 0.25) is 5.02 Å².